The first kappa shape index (κ1) is 21.2. The van der Waals surface area contributed by atoms with Gasteiger partial charge < -0.3 is 9.64 Å². The number of ether oxygens (including phenoxy) is 1. The van der Waals surface area contributed by atoms with Crippen molar-refractivity contribution in [3.63, 3.8) is 0 Å². The molecule has 0 N–H and O–H groups in total. The Morgan fingerprint density at radius 3 is 2.79 bits per heavy atom. The third kappa shape index (κ3) is 3.98. The van der Waals surface area contributed by atoms with Gasteiger partial charge in [0.25, 0.3) is 0 Å². The van der Waals surface area contributed by atoms with Crippen molar-refractivity contribution in [3.8, 4) is 22.7 Å². The summed E-state index contributed by atoms with van der Waals surface area (Å²) in [4.78, 5) is 11.0. The normalized spacial score (nSPS) is 11.8. The SMILES string of the molecule is CN(C)Cc1nn(-c2cc(Cl)ccc2OC(F)F)c2cc(-c3cnn4cccnc34)ncc12. The zero-order valence-corrected chi connectivity index (χ0v) is 18.4. The number of halogens is 3. The fourth-order valence-corrected chi connectivity index (χ4v) is 3.84. The highest BCUT2D eigenvalue weighted by atomic mass is 35.5. The minimum atomic E-state index is -2.99. The van der Waals surface area contributed by atoms with Crippen LogP contribution in [-0.2, 0) is 6.54 Å². The zero-order chi connectivity index (χ0) is 23.1. The second-order valence-electron chi connectivity index (χ2n) is 7.62. The Labute approximate surface area is 192 Å². The predicted octanol–water partition coefficient (Wildman–Crippen LogP) is 4.45. The Morgan fingerprint density at radius 1 is 1.15 bits per heavy atom. The smallest absolute Gasteiger partial charge is 0.387 e. The van der Waals surface area contributed by atoms with Crippen molar-refractivity contribution in [3.05, 3.63) is 65.8 Å². The van der Waals surface area contributed by atoms with Gasteiger partial charge in [0, 0.05) is 35.5 Å². The molecule has 0 bridgehead atoms. The molecule has 0 aliphatic heterocycles. The van der Waals surface area contributed by atoms with Crippen molar-refractivity contribution in [1.29, 1.82) is 0 Å². The van der Waals surface area contributed by atoms with Crippen molar-refractivity contribution in [2.45, 2.75) is 13.2 Å². The molecule has 33 heavy (non-hydrogen) atoms. The third-order valence-electron chi connectivity index (χ3n) is 5.03. The van der Waals surface area contributed by atoms with E-state index in [1.54, 1.807) is 46.1 Å². The molecule has 8 nitrogen and oxygen atoms in total. The van der Waals surface area contributed by atoms with Crippen LogP contribution in [0.25, 0.3) is 33.5 Å². The van der Waals surface area contributed by atoms with Gasteiger partial charge in [0.15, 0.2) is 11.4 Å². The number of alkyl halides is 2. The summed E-state index contributed by atoms with van der Waals surface area (Å²) < 4.78 is 34.1. The molecule has 0 aliphatic carbocycles. The van der Waals surface area contributed by atoms with Crippen LogP contribution in [0.5, 0.6) is 5.75 Å². The molecule has 5 aromatic rings. The maximum atomic E-state index is 13.1. The lowest BCUT2D eigenvalue weighted by molar-refractivity contribution is -0.0498. The number of hydrogen-bond acceptors (Lipinski definition) is 6. The van der Waals surface area contributed by atoms with Crippen molar-refractivity contribution in [2.24, 2.45) is 0 Å². The van der Waals surface area contributed by atoms with E-state index in [4.69, 9.17) is 21.4 Å². The Hall–Kier alpha value is -3.63. The second kappa shape index (κ2) is 8.38. The average molecular weight is 470 g/mol. The first-order valence-corrected chi connectivity index (χ1v) is 10.3. The lowest BCUT2D eigenvalue weighted by atomic mass is 10.1. The van der Waals surface area contributed by atoms with E-state index in [9.17, 15) is 8.78 Å². The molecule has 11 heteroatoms. The number of pyridine rings is 1. The largest absolute Gasteiger partial charge is 0.433 e. The Bertz CT molecular complexity index is 1460. The topological polar surface area (TPSA) is 73.4 Å². The van der Waals surface area contributed by atoms with Crippen LogP contribution in [-0.4, -0.2) is 55.0 Å². The Balaban J connectivity index is 1.75. The van der Waals surface area contributed by atoms with E-state index < -0.39 is 6.61 Å². The third-order valence-corrected chi connectivity index (χ3v) is 5.26. The van der Waals surface area contributed by atoms with Crippen molar-refractivity contribution in [2.75, 3.05) is 14.1 Å². The maximum Gasteiger partial charge on any atom is 0.387 e. The molecular formula is C22H18ClF2N7O. The maximum absolute atomic E-state index is 13.1. The van der Waals surface area contributed by atoms with Gasteiger partial charge in [0.2, 0.25) is 0 Å². The Kier molecular flexibility index (Phi) is 5.39. The summed E-state index contributed by atoms with van der Waals surface area (Å²) in [6, 6.07) is 8.06. The first-order valence-electron chi connectivity index (χ1n) is 9.96. The molecule has 0 unspecified atom stereocenters. The van der Waals surface area contributed by atoms with Gasteiger partial charge in [-0.3, -0.25) is 4.98 Å². The summed E-state index contributed by atoms with van der Waals surface area (Å²) in [5.41, 5.74) is 3.69. The highest BCUT2D eigenvalue weighted by Gasteiger charge is 2.20. The minimum absolute atomic E-state index is 0.0359. The first-order chi connectivity index (χ1) is 15.9. The molecule has 0 aliphatic rings. The van der Waals surface area contributed by atoms with Crippen LogP contribution in [0.15, 0.2) is 55.1 Å². The van der Waals surface area contributed by atoms with Crippen LogP contribution in [0.2, 0.25) is 5.02 Å². The minimum Gasteiger partial charge on any atom is -0.433 e. The molecule has 4 aromatic heterocycles. The molecule has 1 aromatic carbocycles. The van der Waals surface area contributed by atoms with E-state index in [1.807, 2.05) is 25.1 Å². The van der Waals surface area contributed by atoms with Crippen LogP contribution >= 0.6 is 11.6 Å². The van der Waals surface area contributed by atoms with Gasteiger partial charge in [-0.1, -0.05) is 11.6 Å². The number of aromatic nitrogens is 6. The van der Waals surface area contributed by atoms with E-state index in [-0.39, 0.29) is 5.75 Å². The fourth-order valence-electron chi connectivity index (χ4n) is 3.68. The lowest BCUT2D eigenvalue weighted by Gasteiger charge is -2.12. The fraction of sp³-hybridized carbons (Fsp3) is 0.182. The number of nitrogens with zero attached hydrogens (tertiary/aromatic N) is 7. The molecule has 0 saturated carbocycles. The van der Waals surface area contributed by atoms with E-state index in [2.05, 4.69) is 15.1 Å². The monoisotopic (exact) mass is 469 g/mol. The van der Waals surface area contributed by atoms with Crippen LogP contribution in [0.1, 0.15) is 5.69 Å². The molecule has 168 valence electrons. The van der Waals surface area contributed by atoms with Gasteiger partial charge in [-0.15, -0.1) is 0 Å². The van der Waals surface area contributed by atoms with Gasteiger partial charge in [-0.05, 0) is 44.4 Å². The summed E-state index contributed by atoms with van der Waals surface area (Å²) in [5, 5.41) is 10.2. The van der Waals surface area contributed by atoms with E-state index >= 15 is 0 Å². The quantitative estimate of drug-likeness (QED) is 0.366. The standard InChI is InChI=1S/C22H18ClF2N7O/c1-30(2)12-17-14-10-27-16(15-11-28-31-7-3-6-26-21(15)31)9-18(14)32(29-17)19-8-13(23)4-5-20(19)33-22(24)25/h3-11,22H,12H2,1-2H3. The van der Waals surface area contributed by atoms with E-state index in [0.29, 0.717) is 34.1 Å². The summed E-state index contributed by atoms with van der Waals surface area (Å²) in [6.07, 6.45) is 6.88. The molecule has 0 amide bonds. The van der Waals surface area contributed by atoms with E-state index in [0.717, 1.165) is 16.6 Å². The molecule has 0 atom stereocenters. The number of rotatable bonds is 6. The lowest BCUT2D eigenvalue weighted by Crippen LogP contribution is -2.12. The molecule has 5 rings (SSSR count). The van der Waals surface area contributed by atoms with Gasteiger partial charge in [-0.2, -0.15) is 19.0 Å². The van der Waals surface area contributed by atoms with E-state index in [1.165, 1.54) is 12.1 Å². The van der Waals surface area contributed by atoms with Gasteiger partial charge >= 0.3 is 6.61 Å². The summed E-state index contributed by atoms with van der Waals surface area (Å²) in [7, 11) is 3.84. The number of benzene rings is 1. The van der Waals surface area contributed by atoms with Crippen molar-refractivity contribution in [1.82, 2.24) is 34.3 Å². The van der Waals surface area contributed by atoms with Crippen LogP contribution < -0.4 is 4.74 Å². The summed E-state index contributed by atoms with van der Waals surface area (Å²) >= 11 is 6.20. The Morgan fingerprint density at radius 2 is 2.00 bits per heavy atom. The molecule has 0 spiro atoms. The number of hydrogen-bond donors (Lipinski definition) is 0. The molecule has 0 fully saturated rings. The summed E-state index contributed by atoms with van der Waals surface area (Å²) in [5.74, 6) is -0.0359. The molecule has 4 heterocycles. The molecule has 0 saturated heterocycles. The van der Waals surface area contributed by atoms with Gasteiger partial charge in [0.05, 0.1) is 28.7 Å². The van der Waals surface area contributed by atoms with Crippen molar-refractivity contribution < 1.29 is 13.5 Å². The molecular weight excluding hydrogens is 452 g/mol. The average Bonchev–Trinajstić information content (AvgIpc) is 3.36. The van der Waals surface area contributed by atoms with Crippen LogP contribution in [0, 0.1) is 0 Å². The predicted molar refractivity (Wildman–Crippen MR) is 120 cm³/mol. The van der Waals surface area contributed by atoms with Crippen LogP contribution in [0.4, 0.5) is 8.78 Å². The second-order valence-corrected chi connectivity index (χ2v) is 8.06. The van der Waals surface area contributed by atoms with Crippen molar-refractivity contribution >= 4 is 28.2 Å². The zero-order valence-electron chi connectivity index (χ0n) is 17.7. The highest BCUT2D eigenvalue weighted by molar-refractivity contribution is 6.30. The van der Waals surface area contributed by atoms with Gasteiger partial charge in [-0.25, -0.2) is 14.2 Å². The summed E-state index contributed by atoms with van der Waals surface area (Å²) in [6.45, 7) is -2.47. The number of fused-ring (bicyclic) bond motifs is 2. The van der Waals surface area contributed by atoms with Gasteiger partial charge in [0.1, 0.15) is 5.69 Å². The molecule has 0 radical (unpaired) electrons. The van der Waals surface area contributed by atoms with Crippen LogP contribution in [0.3, 0.4) is 0 Å². The highest BCUT2D eigenvalue weighted by Crippen LogP contribution is 2.33.